The second-order valence-electron chi connectivity index (χ2n) is 6.55. The van der Waals surface area contributed by atoms with Gasteiger partial charge in [0, 0.05) is 17.1 Å². The highest BCUT2D eigenvalue weighted by molar-refractivity contribution is 7.18. The van der Waals surface area contributed by atoms with Crippen LogP contribution in [-0.4, -0.2) is 17.1 Å². The zero-order valence-electron chi connectivity index (χ0n) is 17.8. The van der Waals surface area contributed by atoms with Gasteiger partial charge in [-0.05, 0) is 45.7 Å². The highest BCUT2D eigenvalue weighted by atomic mass is 32.1. The van der Waals surface area contributed by atoms with Gasteiger partial charge in [-0.3, -0.25) is 4.79 Å². The van der Waals surface area contributed by atoms with Crippen molar-refractivity contribution in [2.45, 2.75) is 55.0 Å². The fraction of sp³-hybridized carbons (Fsp3) is 0.391. The first-order valence-electron chi connectivity index (χ1n) is 9.70. The summed E-state index contributed by atoms with van der Waals surface area (Å²) >= 11 is 1.60. The molecule has 0 aliphatic carbocycles. The Morgan fingerprint density at radius 1 is 1.07 bits per heavy atom. The number of pyridine rings is 1. The van der Waals surface area contributed by atoms with E-state index in [4.69, 9.17) is 4.74 Å². The fourth-order valence-corrected chi connectivity index (χ4v) is 4.36. The summed E-state index contributed by atoms with van der Waals surface area (Å²) in [6.07, 6.45) is 0. The van der Waals surface area contributed by atoms with Crippen LogP contribution in [0.25, 0.3) is 10.2 Å². The van der Waals surface area contributed by atoms with Gasteiger partial charge in [0.1, 0.15) is 10.4 Å². The van der Waals surface area contributed by atoms with Crippen molar-refractivity contribution < 1.29 is 9.53 Å². The SMILES string of the molecule is CC.CCOC(=O)c1c(C)n(Cc2ccc(C)cc2)c2sc(C)c(C)c2c1=O. The van der Waals surface area contributed by atoms with E-state index in [0.29, 0.717) is 17.6 Å². The second kappa shape index (κ2) is 9.20. The molecule has 0 atom stereocenters. The van der Waals surface area contributed by atoms with E-state index in [0.717, 1.165) is 20.8 Å². The van der Waals surface area contributed by atoms with Crippen LogP contribution in [-0.2, 0) is 11.3 Å². The van der Waals surface area contributed by atoms with Crippen LogP contribution in [0.2, 0.25) is 0 Å². The lowest BCUT2D eigenvalue weighted by Crippen LogP contribution is -2.24. The number of fused-ring (bicyclic) bond motifs is 1. The standard InChI is InChI=1S/C21H23NO3S.C2H6/c1-6-25-21(24)18-14(4)22(11-16-9-7-12(2)8-10-16)20-17(19(18)23)13(3)15(5)26-20;1-2/h7-10H,6,11H2,1-5H3;1-2H3. The highest BCUT2D eigenvalue weighted by Crippen LogP contribution is 2.30. The third-order valence-corrected chi connectivity index (χ3v) is 6.00. The predicted octanol–water partition coefficient (Wildman–Crippen LogP) is 5.55. The normalized spacial score (nSPS) is 10.5. The maximum Gasteiger partial charge on any atom is 0.343 e. The summed E-state index contributed by atoms with van der Waals surface area (Å²) in [6.45, 7) is 14.4. The number of nitrogens with zero attached hydrogens (tertiary/aromatic N) is 1. The summed E-state index contributed by atoms with van der Waals surface area (Å²) in [6, 6.07) is 8.30. The Hall–Kier alpha value is -2.40. The zero-order chi connectivity index (χ0) is 21.0. The number of thiophene rings is 1. The summed E-state index contributed by atoms with van der Waals surface area (Å²) in [5, 5.41) is 0.633. The highest BCUT2D eigenvalue weighted by Gasteiger charge is 2.24. The molecule has 0 bridgehead atoms. The maximum absolute atomic E-state index is 13.0. The van der Waals surface area contributed by atoms with Gasteiger partial charge in [-0.25, -0.2) is 4.79 Å². The van der Waals surface area contributed by atoms with E-state index in [1.54, 1.807) is 18.3 Å². The van der Waals surface area contributed by atoms with Crippen molar-refractivity contribution in [2.75, 3.05) is 6.61 Å². The predicted molar refractivity (Wildman–Crippen MR) is 118 cm³/mol. The van der Waals surface area contributed by atoms with E-state index in [-0.39, 0.29) is 17.6 Å². The molecule has 0 aliphatic rings. The Labute approximate surface area is 170 Å². The van der Waals surface area contributed by atoms with Gasteiger partial charge in [-0.15, -0.1) is 11.3 Å². The van der Waals surface area contributed by atoms with Gasteiger partial charge in [-0.2, -0.15) is 0 Å². The lowest BCUT2D eigenvalue weighted by Gasteiger charge is -2.16. The Morgan fingerprint density at radius 2 is 1.68 bits per heavy atom. The monoisotopic (exact) mass is 399 g/mol. The molecule has 0 radical (unpaired) electrons. The first-order chi connectivity index (χ1) is 13.3. The number of ether oxygens (including phenoxy) is 1. The summed E-state index contributed by atoms with van der Waals surface area (Å²) in [5.41, 5.74) is 3.85. The zero-order valence-corrected chi connectivity index (χ0v) is 18.6. The molecule has 0 saturated heterocycles. The third kappa shape index (κ3) is 4.04. The van der Waals surface area contributed by atoms with Crippen molar-refractivity contribution in [1.29, 1.82) is 0 Å². The number of carbonyl (C=O) groups excluding carboxylic acids is 1. The average molecular weight is 400 g/mol. The molecular weight excluding hydrogens is 370 g/mol. The number of aryl methyl sites for hydroxylation is 3. The van der Waals surface area contributed by atoms with Gasteiger partial charge in [0.05, 0.1) is 12.0 Å². The molecule has 0 spiro atoms. The number of carbonyl (C=O) groups is 1. The van der Waals surface area contributed by atoms with Gasteiger partial charge in [-0.1, -0.05) is 43.7 Å². The molecule has 5 heteroatoms. The molecular formula is C23H29NO3S. The van der Waals surface area contributed by atoms with Crippen molar-refractivity contribution >= 4 is 27.5 Å². The van der Waals surface area contributed by atoms with Gasteiger partial charge in [0.15, 0.2) is 0 Å². The molecule has 2 aromatic heterocycles. The van der Waals surface area contributed by atoms with Crippen LogP contribution in [0.5, 0.6) is 0 Å². The van der Waals surface area contributed by atoms with Crippen LogP contribution in [0.1, 0.15) is 58.4 Å². The first-order valence-corrected chi connectivity index (χ1v) is 10.5. The molecule has 0 N–H and O–H groups in total. The largest absolute Gasteiger partial charge is 0.462 e. The number of rotatable bonds is 4. The minimum Gasteiger partial charge on any atom is -0.462 e. The van der Waals surface area contributed by atoms with Crippen LogP contribution in [0.3, 0.4) is 0 Å². The Kier molecular flexibility index (Phi) is 7.19. The molecule has 0 amide bonds. The van der Waals surface area contributed by atoms with E-state index in [2.05, 4.69) is 35.8 Å². The molecule has 150 valence electrons. The van der Waals surface area contributed by atoms with Gasteiger partial charge >= 0.3 is 5.97 Å². The third-order valence-electron chi connectivity index (χ3n) is 4.77. The van der Waals surface area contributed by atoms with E-state index in [9.17, 15) is 9.59 Å². The van der Waals surface area contributed by atoms with Crippen LogP contribution < -0.4 is 5.43 Å². The van der Waals surface area contributed by atoms with E-state index in [1.165, 1.54) is 5.56 Å². The number of benzene rings is 1. The van der Waals surface area contributed by atoms with Gasteiger partial charge in [0.2, 0.25) is 5.43 Å². The van der Waals surface area contributed by atoms with Gasteiger partial charge < -0.3 is 9.30 Å². The van der Waals surface area contributed by atoms with Crippen molar-refractivity contribution in [1.82, 2.24) is 4.57 Å². The number of esters is 1. The van der Waals surface area contributed by atoms with Crippen molar-refractivity contribution in [2.24, 2.45) is 0 Å². The summed E-state index contributed by atoms with van der Waals surface area (Å²) in [4.78, 5) is 27.5. The number of aromatic nitrogens is 1. The summed E-state index contributed by atoms with van der Waals surface area (Å²) in [5.74, 6) is -0.544. The Morgan fingerprint density at radius 3 is 2.25 bits per heavy atom. The van der Waals surface area contributed by atoms with E-state index < -0.39 is 5.97 Å². The molecule has 0 saturated carbocycles. The average Bonchev–Trinajstić information content (AvgIpc) is 2.97. The van der Waals surface area contributed by atoms with Crippen molar-refractivity contribution in [3.05, 3.63) is 67.3 Å². The van der Waals surface area contributed by atoms with Crippen molar-refractivity contribution in [3.63, 3.8) is 0 Å². The first kappa shape index (κ1) is 21.9. The van der Waals surface area contributed by atoms with E-state index >= 15 is 0 Å². The lowest BCUT2D eigenvalue weighted by molar-refractivity contribution is 0.0523. The minimum absolute atomic E-state index is 0.146. The minimum atomic E-state index is -0.544. The molecule has 0 unspecified atom stereocenters. The van der Waals surface area contributed by atoms with Crippen LogP contribution >= 0.6 is 11.3 Å². The summed E-state index contributed by atoms with van der Waals surface area (Å²) in [7, 11) is 0. The molecule has 3 rings (SSSR count). The molecule has 1 aromatic carbocycles. The molecule has 4 nitrogen and oxygen atoms in total. The molecule has 3 aromatic rings. The van der Waals surface area contributed by atoms with Crippen LogP contribution in [0.4, 0.5) is 0 Å². The smallest absolute Gasteiger partial charge is 0.343 e. The molecule has 2 heterocycles. The van der Waals surface area contributed by atoms with Crippen LogP contribution in [0, 0.1) is 27.7 Å². The Bertz CT molecular complexity index is 1040. The molecule has 0 aliphatic heterocycles. The molecule has 0 fully saturated rings. The maximum atomic E-state index is 13.0. The fourth-order valence-electron chi connectivity index (χ4n) is 3.15. The quantitative estimate of drug-likeness (QED) is 0.541. The van der Waals surface area contributed by atoms with E-state index in [1.807, 2.05) is 34.6 Å². The second-order valence-corrected chi connectivity index (χ2v) is 7.75. The molecule has 28 heavy (non-hydrogen) atoms. The van der Waals surface area contributed by atoms with Crippen molar-refractivity contribution in [3.8, 4) is 0 Å². The number of hydrogen-bond donors (Lipinski definition) is 0. The topological polar surface area (TPSA) is 48.3 Å². The number of hydrogen-bond acceptors (Lipinski definition) is 4. The van der Waals surface area contributed by atoms with Gasteiger partial charge in [0.25, 0.3) is 0 Å². The summed E-state index contributed by atoms with van der Waals surface area (Å²) < 4.78 is 7.23. The Balaban J connectivity index is 0.00000136. The van der Waals surface area contributed by atoms with Crippen LogP contribution in [0.15, 0.2) is 29.1 Å². The lowest BCUT2D eigenvalue weighted by atomic mass is 10.1.